The molecule has 0 aliphatic carbocycles. The van der Waals surface area contributed by atoms with Crippen LogP contribution >= 0.6 is 0 Å². The van der Waals surface area contributed by atoms with Crippen LogP contribution in [0, 0.1) is 0 Å². The Morgan fingerprint density at radius 2 is 1.90 bits per heavy atom. The minimum atomic E-state index is -1.12. The zero-order chi connectivity index (χ0) is 15.7. The molecule has 0 aliphatic rings. The van der Waals surface area contributed by atoms with Gasteiger partial charge in [-0.3, -0.25) is 4.79 Å². The van der Waals surface area contributed by atoms with Crippen LogP contribution in [-0.2, 0) is 9.47 Å². The average molecular weight is 296 g/mol. The highest BCUT2D eigenvalue weighted by Crippen LogP contribution is 2.06. The molecule has 1 N–H and O–H groups in total. The Morgan fingerprint density at radius 1 is 1.19 bits per heavy atom. The van der Waals surface area contributed by atoms with Crippen molar-refractivity contribution in [2.75, 3.05) is 40.5 Å². The fraction of sp³-hybridized carbons (Fsp3) is 0.500. The maximum atomic E-state index is 12.4. The number of nitrogens with zero attached hydrogens (tertiary/aromatic N) is 2. The van der Waals surface area contributed by atoms with Gasteiger partial charge in [-0.1, -0.05) is 0 Å². The number of pyridine rings is 1. The number of carbonyl (C=O) groups excluding carboxylic acids is 1. The number of aromatic carboxylic acids is 1. The van der Waals surface area contributed by atoms with E-state index in [0.717, 1.165) is 0 Å². The predicted molar refractivity (Wildman–Crippen MR) is 75.5 cm³/mol. The average Bonchev–Trinajstić information content (AvgIpc) is 2.50. The molecule has 1 amide bonds. The number of carboxylic acid groups (broad SMARTS) is 1. The van der Waals surface area contributed by atoms with Gasteiger partial charge in [0.25, 0.3) is 5.91 Å². The summed E-state index contributed by atoms with van der Waals surface area (Å²) < 4.78 is 9.97. The first-order valence-electron chi connectivity index (χ1n) is 6.56. The summed E-state index contributed by atoms with van der Waals surface area (Å²) >= 11 is 0. The number of ether oxygens (including phenoxy) is 2. The molecule has 0 unspecified atom stereocenters. The van der Waals surface area contributed by atoms with Gasteiger partial charge in [-0.15, -0.1) is 0 Å². The smallest absolute Gasteiger partial charge is 0.354 e. The van der Waals surface area contributed by atoms with Gasteiger partial charge < -0.3 is 19.5 Å². The zero-order valence-corrected chi connectivity index (χ0v) is 12.2. The second kappa shape index (κ2) is 9.04. The minimum absolute atomic E-state index is 0.0885. The van der Waals surface area contributed by atoms with Crippen LogP contribution in [-0.4, -0.2) is 67.4 Å². The highest BCUT2D eigenvalue weighted by atomic mass is 16.5. The maximum absolute atomic E-state index is 12.4. The zero-order valence-electron chi connectivity index (χ0n) is 12.2. The molecule has 0 fully saturated rings. The highest BCUT2D eigenvalue weighted by molar-refractivity contribution is 5.94. The van der Waals surface area contributed by atoms with Crippen LogP contribution in [0.5, 0.6) is 0 Å². The Kier molecular flexibility index (Phi) is 7.34. The van der Waals surface area contributed by atoms with E-state index in [0.29, 0.717) is 38.3 Å². The van der Waals surface area contributed by atoms with Crippen molar-refractivity contribution in [2.45, 2.75) is 6.42 Å². The van der Waals surface area contributed by atoms with Crippen LogP contribution in [0.1, 0.15) is 27.3 Å². The first-order valence-corrected chi connectivity index (χ1v) is 6.56. The lowest BCUT2D eigenvalue weighted by molar-refractivity contribution is 0.0665. The summed E-state index contributed by atoms with van der Waals surface area (Å²) in [5, 5.41) is 8.79. The summed E-state index contributed by atoms with van der Waals surface area (Å²) in [4.78, 5) is 28.5. The number of amides is 1. The first-order chi connectivity index (χ1) is 10.1. The summed E-state index contributed by atoms with van der Waals surface area (Å²) in [6.45, 7) is 1.99. The molecule has 0 bridgehead atoms. The molecule has 0 aromatic carbocycles. The Labute approximate surface area is 123 Å². The Morgan fingerprint density at radius 3 is 2.43 bits per heavy atom. The molecule has 0 spiro atoms. The normalized spacial score (nSPS) is 10.4. The van der Waals surface area contributed by atoms with Crippen molar-refractivity contribution in [1.82, 2.24) is 9.88 Å². The summed E-state index contributed by atoms with van der Waals surface area (Å²) in [6.07, 6.45) is 1.99. The second-order valence-electron chi connectivity index (χ2n) is 4.37. The van der Waals surface area contributed by atoms with E-state index >= 15 is 0 Å². The lowest BCUT2D eigenvalue weighted by Crippen LogP contribution is -2.35. The highest BCUT2D eigenvalue weighted by Gasteiger charge is 2.16. The topological polar surface area (TPSA) is 89.0 Å². The number of aromatic nitrogens is 1. The summed E-state index contributed by atoms with van der Waals surface area (Å²) in [7, 11) is 3.18. The van der Waals surface area contributed by atoms with Crippen LogP contribution in [0.2, 0.25) is 0 Å². The lowest BCUT2D eigenvalue weighted by atomic mass is 10.2. The quantitative estimate of drug-likeness (QED) is 0.681. The van der Waals surface area contributed by atoms with E-state index in [1.165, 1.54) is 18.3 Å². The van der Waals surface area contributed by atoms with Gasteiger partial charge in [0.05, 0.1) is 12.2 Å². The van der Waals surface area contributed by atoms with Gasteiger partial charge in [-0.05, 0) is 18.6 Å². The molecule has 0 aliphatic heterocycles. The van der Waals surface area contributed by atoms with Crippen LogP contribution in [0.15, 0.2) is 18.3 Å². The SMILES string of the molecule is COCCCN(CCOC)C(=O)c1ccc(C(=O)O)nc1. The van der Waals surface area contributed by atoms with Crippen LogP contribution in [0.25, 0.3) is 0 Å². The van der Waals surface area contributed by atoms with Gasteiger partial charge in [-0.2, -0.15) is 0 Å². The van der Waals surface area contributed by atoms with Gasteiger partial charge in [-0.25, -0.2) is 9.78 Å². The van der Waals surface area contributed by atoms with Gasteiger partial charge in [0.2, 0.25) is 0 Å². The molecule has 1 aromatic heterocycles. The van der Waals surface area contributed by atoms with E-state index in [1.807, 2.05) is 0 Å². The molecule has 0 saturated carbocycles. The van der Waals surface area contributed by atoms with E-state index in [-0.39, 0.29) is 11.6 Å². The molecule has 7 heteroatoms. The third-order valence-electron chi connectivity index (χ3n) is 2.86. The monoisotopic (exact) mass is 296 g/mol. The molecule has 7 nitrogen and oxygen atoms in total. The van der Waals surface area contributed by atoms with Crippen LogP contribution < -0.4 is 0 Å². The summed E-state index contributed by atoms with van der Waals surface area (Å²) in [5.41, 5.74) is 0.267. The van der Waals surface area contributed by atoms with Crippen molar-refractivity contribution in [3.63, 3.8) is 0 Å². The van der Waals surface area contributed by atoms with Crippen LogP contribution in [0.3, 0.4) is 0 Å². The summed E-state index contributed by atoms with van der Waals surface area (Å²) in [6, 6.07) is 2.79. The van der Waals surface area contributed by atoms with Crippen molar-refractivity contribution < 1.29 is 24.2 Å². The molecule has 1 rings (SSSR count). The van der Waals surface area contributed by atoms with Gasteiger partial charge in [0.1, 0.15) is 5.69 Å². The van der Waals surface area contributed by atoms with E-state index in [4.69, 9.17) is 14.6 Å². The fourth-order valence-corrected chi connectivity index (χ4v) is 1.75. The molecular weight excluding hydrogens is 276 g/mol. The fourth-order valence-electron chi connectivity index (χ4n) is 1.75. The minimum Gasteiger partial charge on any atom is -0.477 e. The Hall–Kier alpha value is -1.99. The van der Waals surface area contributed by atoms with Crippen molar-refractivity contribution in [2.24, 2.45) is 0 Å². The Balaban J connectivity index is 2.75. The molecule has 0 atom stereocenters. The second-order valence-corrected chi connectivity index (χ2v) is 4.37. The van der Waals surface area contributed by atoms with Gasteiger partial charge in [0, 0.05) is 40.1 Å². The number of hydrogen-bond acceptors (Lipinski definition) is 5. The van der Waals surface area contributed by atoms with E-state index in [9.17, 15) is 9.59 Å². The van der Waals surface area contributed by atoms with Crippen molar-refractivity contribution in [1.29, 1.82) is 0 Å². The molecule has 116 valence electrons. The van der Waals surface area contributed by atoms with Gasteiger partial charge >= 0.3 is 5.97 Å². The predicted octanol–water partition coefficient (Wildman–Crippen LogP) is 0.905. The van der Waals surface area contributed by atoms with E-state index in [2.05, 4.69) is 4.98 Å². The largest absolute Gasteiger partial charge is 0.477 e. The molecule has 1 aromatic rings. The van der Waals surface area contributed by atoms with Crippen molar-refractivity contribution >= 4 is 11.9 Å². The number of methoxy groups -OCH3 is 2. The molecule has 21 heavy (non-hydrogen) atoms. The van der Waals surface area contributed by atoms with Crippen molar-refractivity contribution in [3.05, 3.63) is 29.6 Å². The van der Waals surface area contributed by atoms with E-state index < -0.39 is 5.97 Å². The molecular formula is C14H20N2O5. The first kappa shape index (κ1) is 17.1. The number of rotatable bonds is 9. The van der Waals surface area contributed by atoms with Crippen LogP contribution in [0.4, 0.5) is 0 Å². The standard InChI is InChI=1S/C14H20N2O5/c1-20-8-3-6-16(7-9-21-2)13(17)11-4-5-12(14(18)19)15-10-11/h4-5,10H,3,6-9H2,1-2H3,(H,18,19). The molecule has 1 heterocycles. The van der Waals surface area contributed by atoms with Crippen molar-refractivity contribution in [3.8, 4) is 0 Å². The molecule has 0 saturated heterocycles. The number of hydrogen-bond donors (Lipinski definition) is 1. The van der Waals surface area contributed by atoms with E-state index in [1.54, 1.807) is 19.1 Å². The number of carbonyl (C=O) groups is 2. The number of carboxylic acids is 1. The summed E-state index contributed by atoms with van der Waals surface area (Å²) in [5.74, 6) is -1.32. The lowest BCUT2D eigenvalue weighted by Gasteiger charge is -2.22. The third-order valence-corrected chi connectivity index (χ3v) is 2.86. The molecule has 0 radical (unpaired) electrons. The Bertz CT molecular complexity index is 461. The third kappa shape index (κ3) is 5.49. The maximum Gasteiger partial charge on any atom is 0.354 e. The van der Waals surface area contributed by atoms with Gasteiger partial charge in [0.15, 0.2) is 0 Å².